The number of rotatable bonds is 5. The van der Waals surface area contributed by atoms with E-state index in [0.29, 0.717) is 24.9 Å². The summed E-state index contributed by atoms with van der Waals surface area (Å²) in [6.07, 6.45) is 2.56. The Balaban J connectivity index is 0.00000338. The van der Waals surface area contributed by atoms with Crippen molar-refractivity contribution in [2.24, 2.45) is 4.99 Å². The minimum atomic E-state index is -0.202. The zero-order valence-corrected chi connectivity index (χ0v) is 18.3. The maximum Gasteiger partial charge on any atom is 0.213 e. The van der Waals surface area contributed by atoms with E-state index in [2.05, 4.69) is 41.4 Å². The van der Waals surface area contributed by atoms with Crippen LogP contribution < -0.4 is 10.6 Å². The number of aromatic nitrogens is 1. The molecule has 7 heteroatoms. The molecule has 0 saturated carbocycles. The van der Waals surface area contributed by atoms with Crippen LogP contribution in [0, 0.1) is 12.7 Å². The Morgan fingerprint density at radius 2 is 2.00 bits per heavy atom. The van der Waals surface area contributed by atoms with Gasteiger partial charge in [-0.25, -0.2) is 9.37 Å². The number of benzene rings is 1. The molecule has 0 saturated heterocycles. The van der Waals surface area contributed by atoms with Crippen molar-refractivity contribution in [3.8, 4) is 0 Å². The highest BCUT2D eigenvalue weighted by Crippen LogP contribution is 2.22. The summed E-state index contributed by atoms with van der Waals surface area (Å²) in [4.78, 5) is 8.48. The van der Waals surface area contributed by atoms with Gasteiger partial charge in [0.15, 0.2) is 5.96 Å². The quantitative estimate of drug-likeness (QED) is 0.392. The molecule has 1 aromatic carbocycles. The first-order chi connectivity index (χ1) is 11.8. The normalized spacial score (nSPS) is 11.8. The van der Waals surface area contributed by atoms with Crippen LogP contribution in [-0.4, -0.2) is 24.5 Å². The highest BCUT2D eigenvalue weighted by molar-refractivity contribution is 14.0. The standard InChI is InChI=1S/C19H27FN4O.HI/c1-13-10-15(20)7-6-14(13)8-9-22-18(21-5)24-12-17-23-11-16(25-17)19(2,3)4;/h6-7,10-11H,8-9,12H2,1-5H3,(H2,21,22,24);1H. The topological polar surface area (TPSA) is 62.5 Å². The molecule has 2 rings (SSSR count). The number of nitrogens with zero attached hydrogens (tertiary/aromatic N) is 2. The van der Waals surface area contributed by atoms with Gasteiger partial charge in [0.1, 0.15) is 11.6 Å². The molecule has 2 N–H and O–H groups in total. The van der Waals surface area contributed by atoms with Gasteiger partial charge in [-0.15, -0.1) is 24.0 Å². The Labute approximate surface area is 171 Å². The molecule has 0 bridgehead atoms. The summed E-state index contributed by atoms with van der Waals surface area (Å²) >= 11 is 0. The minimum absolute atomic E-state index is 0. The predicted octanol–water partition coefficient (Wildman–Crippen LogP) is 3.95. The second-order valence-corrected chi connectivity index (χ2v) is 7.04. The molecule has 0 spiro atoms. The number of hydrogen-bond donors (Lipinski definition) is 2. The third kappa shape index (κ3) is 6.59. The molecule has 1 heterocycles. The van der Waals surface area contributed by atoms with Crippen molar-refractivity contribution in [1.82, 2.24) is 15.6 Å². The van der Waals surface area contributed by atoms with Gasteiger partial charge in [-0.1, -0.05) is 26.8 Å². The third-order valence-corrected chi connectivity index (χ3v) is 3.91. The second kappa shape index (κ2) is 9.89. The van der Waals surface area contributed by atoms with Crippen molar-refractivity contribution in [3.05, 3.63) is 53.0 Å². The lowest BCUT2D eigenvalue weighted by Crippen LogP contribution is -2.38. The van der Waals surface area contributed by atoms with Crippen LogP contribution in [0.5, 0.6) is 0 Å². The van der Waals surface area contributed by atoms with Gasteiger partial charge in [0.25, 0.3) is 0 Å². The van der Waals surface area contributed by atoms with E-state index in [4.69, 9.17) is 4.42 Å². The maximum atomic E-state index is 13.1. The molecule has 1 aromatic heterocycles. The van der Waals surface area contributed by atoms with E-state index in [9.17, 15) is 4.39 Å². The molecular weight excluding hydrogens is 446 g/mol. The van der Waals surface area contributed by atoms with Gasteiger partial charge in [0, 0.05) is 19.0 Å². The Morgan fingerprint density at radius 3 is 2.58 bits per heavy atom. The average Bonchev–Trinajstić information content (AvgIpc) is 3.01. The minimum Gasteiger partial charge on any atom is -0.443 e. The van der Waals surface area contributed by atoms with Crippen molar-refractivity contribution in [3.63, 3.8) is 0 Å². The first kappa shape index (κ1) is 22.4. The predicted molar refractivity (Wildman–Crippen MR) is 114 cm³/mol. The highest BCUT2D eigenvalue weighted by Gasteiger charge is 2.19. The third-order valence-electron chi connectivity index (χ3n) is 3.91. The summed E-state index contributed by atoms with van der Waals surface area (Å²) in [5.41, 5.74) is 2.02. The lowest BCUT2D eigenvalue weighted by Gasteiger charge is -2.13. The number of hydrogen-bond acceptors (Lipinski definition) is 3. The highest BCUT2D eigenvalue weighted by atomic mass is 127. The summed E-state index contributed by atoms with van der Waals surface area (Å²) in [6, 6.07) is 4.87. The van der Waals surface area contributed by atoms with E-state index in [0.717, 1.165) is 23.3 Å². The number of halogens is 2. The number of guanidine groups is 1. The van der Waals surface area contributed by atoms with E-state index in [1.54, 1.807) is 19.3 Å². The van der Waals surface area contributed by atoms with Crippen LogP contribution >= 0.6 is 24.0 Å². The van der Waals surface area contributed by atoms with Crippen molar-refractivity contribution in [2.75, 3.05) is 13.6 Å². The maximum absolute atomic E-state index is 13.1. The summed E-state index contributed by atoms with van der Waals surface area (Å²) < 4.78 is 18.9. The van der Waals surface area contributed by atoms with Crippen LogP contribution in [0.1, 0.15) is 43.5 Å². The Morgan fingerprint density at radius 1 is 1.27 bits per heavy atom. The molecule has 2 aromatic rings. The SMILES string of the molecule is CN=C(NCCc1ccc(F)cc1C)NCc1ncc(C(C)(C)C)o1.I. The molecule has 0 atom stereocenters. The molecule has 0 amide bonds. The molecule has 0 aliphatic carbocycles. The van der Waals surface area contributed by atoms with E-state index < -0.39 is 0 Å². The zero-order valence-electron chi connectivity index (χ0n) is 16.0. The van der Waals surface area contributed by atoms with Gasteiger partial charge in [-0.3, -0.25) is 4.99 Å². The van der Waals surface area contributed by atoms with Crippen molar-refractivity contribution in [2.45, 2.75) is 46.1 Å². The zero-order chi connectivity index (χ0) is 18.4. The Hall–Kier alpha value is -1.64. The van der Waals surface area contributed by atoms with Crippen LogP contribution in [0.15, 0.2) is 33.8 Å². The lowest BCUT2D eigenvalue weighted by atomic mass is 9.94. The summed E-state index contributed by atoms with van der Waals surface area (Å²) in [5, 5.41) is 6.43. The summed E-state index contributed by atoms with van der Waals surface area (Å²) in [6.45, 7) is 9.34. The van der Waals surface area contributed by atoms with Crippen LogP contribution in [0.25, 0.3) is 0 Å². The van der Waals surface area contributed by atoms with Gasteiger partial charge >= 0.3 is 0 Å². The molecule has 0 radical (unpaired) electrons. The Kier molecular flexibility index (Phi) is 8.52. The van der Waals surface area contributed by atoms with Crippen molar-refractivity contribution < 1.29 is 8.81 Å². The van der Waals surface area contributed by atoms with Crippen LogP contribution in [0.3, 0.4) is 0 Å². The number of aliphatic imine (C=N–C) groups is 1. The van der Waals surface area contributed by atoms with Crippen LogP contribution in [0.4, 0.5) is 4.39 Å². The molecule has 0 aliphatic heterocycles. The van der Waals surface area contributed by atoms with Gasteiger partial charge < -0.3 is 15.1 Å². The fourth-order valence-corrected chi connectivity index (χ4v) is 2.37. The molecule has 144 valence electrons. The van der Waals surface area contributed by atoms with Crippen molar-refractivity contribution >= 4 is 29.9 Å². The average molecular weight is 474 g/mol. The summed E-state index contributed by atoms with van der Waals surface area (Å²) in [7, 11) is 1.72. The van der Waals surface area contributed by atoms with Gasteiger partial charge in [0.05, 0.1) is 12.7 Å². The van der Waals surface area contributed by atoms with E-state index >= 15 is 0 Å². The van der Waals surface area contributed by atoms with Crippen molar-refractivity contribution in [1.29, 1.82) is 0 Å². The van der Waals surface area contributed by atoms with Gasteiger partial charge in [-0.05, 0) is 36.6 Å². The Bertz CT molecular complexity index is 737. The monoisotopic (exact) mass is 474 g/mol. The molecule has 0 aliphatic rings. The largest absolute Gasteiger partial charge is 0.443 e. The van der Waals surface area contributed by atoms with Gasteiger partial charge in [-0.2, -0.15) is 0 Å². The smallest absolute Gasteiger partial charge is 0.213 e. The van der Waals surface area contributed by atoms with E-state index in [1.165, 1.54) is 6.07 Å². The molecule has 5 nitrogen and oxygen atoms in total. The number of nitrogens with one attached hydrogen (secondary N) is 2. The van der Waals surface area contributed by atoms with E-state index in [-0.39, 0.29) is 35.2 Å². The fraction of sp³-hybridized carbons (Fsp3) is 0.474. The fourth-order valence-electron chi connectivity index (χ4n) is 2.37. The molecule has 0 fully saturated rings. The first-order valence-corrected chi connectivity index (χ1v) is 8.44. The number of aryl methyl sites for hydroxylation is 1. The van der Waals surface area contributed by atoms with Crippen LogP contribution in [-0.2, 0) is 18.4 Å². The lowest BCUT2D eigenvalue weighted by molar-refractivity contribution is 0.379. The first-order valence-electron chi connectivity index (χ1n) is 8.44. The second-order valence-electron chi connectivity index (χ2n) is 7.04. The van der Waals surface area contributed by atoms with Crippen LogP contribution in [0.2, 0.25) is 0 Å². The summed E-state index contributed by atoms with van der Waals surface area (Å²) in [5.74, 6) is 1.96. The number of oxazole rings is 1. The van der Waals surface area contributed by atoms with Gasteiger partial charge in [0.2, 0.25) is 5.89 Å². The molecule has 0 unspecified atom stereocenters. The molecule has 26 heavy (non-hydrogen) atoms. The van der Waals surface area contributed by atoms with E-state index in [1.807, 2.05) is 13.0 Å². The molecular formula is C19H28FIN4O.